The van der Waals surface area contributed by atoms with Gasteiger partial charge in [0, 0.05) is 18.3 Å². The first-order valence-corrected chi connectivity index (χ1v) is 4.26. The second-order valence-electron chi connectivity index (χ2n) is 2.72. The molecule has 0 saturated carbocycles. The van der Waals surface area contributed by atoms with Gasteiger partial charge in [-0.25, -0.2) is 4.98 Å². The zero-order chi connectivity index (χ0) is 10.4. The lowest BCUT2D eigenvalue weighted by atomic mass is 10.4. The maximum Gasteiger partial charge on any atom is 0.318 e. The molecule has 0 fully saturated rings. The minimum atomic E-state index is 0.337. The van der Waals surface area contributed by atoms with Crippen LogP contribution in [0.4, 0.5) is 5.82 Å². The summed E-state index contributed by atoms with van der Waals surface area (Å²) in [7, 11) is 1.52. The van der Waals surface area contributed by atoms with Gasteiger partial charge in [0.2, 0.25) is 0 Å². The first-order chi connectivity index (χ1) is 6.76. The van der Waals surface area contributed by atoms with Crippen molar-refractivity contribution >= 4 is 5.82 Å². The van der Waals surface area contributed by atoms with Gasteiger partial charge in [-0.1, -0.05) is 0 Å². The van der Waals surface area contributed by atoms with Crippen LogP contribution in [0.3, 0.4) is 0 Å². The fraction of sp³-hybridized carbons (Fsp3) is 0.444. The van der Waals surface area contributed by atoms with Crippen LogP contribution >= 0.6 is 0 Å². The number of nitrogens with one attached hydrogen (secondary N) is 1. The van der Waals surface area contributed by atoms with E-state index < -0.39 is 0 Å². The maximum atomic E-state index is 8.35. The second-order valence-corrected chi connectivity index (χ2v) is 2.72. The Bertz CT molecular complexity index is 345. The molecule has 0 aliphatic heterocycles. The Hall–Kier alpha value is -1.83. The summed E-state index contributed by atoms with van der Waals surface area (Å²) >= 11 is 0. The van der Waals surface area contributed by atoms with Gasteiger partial charge in [-0.05, 0) is 6.92 Å². The molecule has 1 N–H and O–H groups in total. The summed E-state index contributed by atoms with van der Waals surface area (Å²) in [5, 5.41) is 11.4. The van der Waals surface area contributed by atoms with E-state index in [1.165, 1.54) is 7.11 Å². The molecule has 0 saturated heterocycles. The Morgan fingerprint density at radius 1 is 1.57 bits per heavy atom. The summed E-state index contributed by atoms with van der Waals surface area (Å²) in [6, 6.07) is 4.19. The van der Waals surface area contributed by atoms with E-state index in [0.29, 0.717) is 24.8 Å². The zero-order valence-electron chi connectivity index (χ0n) is 8.24. The number of anilines is 1. The summed E-state index contributed by atoms with van der Waals surface area (Å²) in [4.78, 5) is 8.11. The largest absolute Gasteiger partial charge is 0.467 e. The number of nitrogens with zero attached hydrogens (tertiary/aromatic N) is 3. The topological polar surface area (TPSA) is 70.8 Å². The molecule has 74 valence electrons. The SMILES string of the molecule is COc1nc(C)cc(NCCC#N)n1. The molecule has 0 unspecified atom stereocenters. The van der Waals surface area contributed by atoms with E-state index in [1.807, 2.05) is 13.0 Å². The van der Waals surface area contributed by atoms with Crippen molar-refractivity contribution in [2.45, 2.75) is 13.3 Å². The maximum absolute atomic E-state index is 8.35. The average Bonchev–Trinajstić information content (AvgIpc) is 2.17. The van der Waals surface area contributed by atoms with Gasteiger partial charge in [-0.3, -0.25) is 0 Å². The van der Waals surface area contributed by atoms with Gasteiger partial charge < -0.3 is 10.1 Å². The standard InChI is InChI=1S/C9H12N4O/c1-7-6-8(11-5-3-4-10)13-9(12-7)14-2/h6H,3,5H2,1-2H3,(H,11,12,13). The molecule has 14 heavy (non-hydrogen) atoms. The van der Waals surface area contributed by atoms with Gasteiger partial charge in [-0.15, -0.1) is 0 Å². The molecule has 1 aromatic rings. The van der Waals surface area contributed by atoms with Gasteiger partial charge in [0.05, 0.1) is 19.6 Å². The highest BCUT2D eigenvalue weighted by molar-refractivity contribution is 5.36. The molecule has 0 aliphatic rings. The molecular formula is C9H12N4O. The summed E-state index contributed by atoms with van der Waals surface area (Å²) < 4.78 is 4.91. The van der Waals surface area contributed by atoms with Crippen LogP contribution in [0.15, 0.2) is 6.07 Å². The highest BCUT2D eigenvalue weighted by Crippen LogP contribution is 2.10. The number of ether oxygens (including phenoxy) is 1. The number of nitriles is 1. The average molecular weight is 192 g/mol. The molecule has 1 rings (SSSR count). The van der Waals surface area contributed by atoms with E-state index >= 15 is 0 Å². The number of hydrogen-bond acceptors (Lipinski definition) is 5. The van der Waals surface area contributed by atoms with Gasteiger partial charge in [-0.2, -0.15) is 10.2 Å². The van der Waals surface area contributed by atoms with E-state index in [-0.39, 0.29) is 0 Å². The molecule has 0 aliphatic carbocycles. The first kappa shape index (κ1) is 10.3. The number of methoxy groups -OCH3 is 1. The van der Waals surface area contributed by atoms with Crippen LogP contribution in [0.25, 0.3) is 0 Å². The fourth-order valence-corrected chi connectivity index (χ4v) is 0.970. The molecule has 1 aromatic heterocycles. The normalized spacial score (nSPS) is 9.21. The van der Waals surface area contributed by atoms with Gasteiger partial charge >= 0.3 is 6.01 Å². The van der Waals surface area contributed by atoms with Crippen molar-refractivity contribution < 1.29 is 4.74 Å². The van der Waals surface area contributed by atoms with Gasteiger partial charge in [0.1, 0.15) is 5.82 Å². The number of aromatic nitrogens is 2. The van der Waals surface area contributed by atoms with Gasteiger partial charge in [0.15, 0.2) is 0 Å². The molecule has 0 bridgehead atoms. The third-order valence-electron chi connectivity index (χ3n) is 1.56. The Balaban J connectivity index is 2.67. The van der Waals surface area contributed by atoms with Crippen LogP contribution in [0.5, 0.6) is 6.01 Å². The summed E-state index contributed by atoms with van der Waals surface area (Å²) in [6.45, 7) is 2.44. The number of hydrogen-bond donors (Lipinski definition) is 1. The Labute approximate surface area is 82.8 Å². The van der Waals surface area contributed by atoms with E-state index in [2.05, 4.69) is 15.3 Å². The summed E-state index contributed by atoms with van der Waals surface area (Å²) in [6.07, 6.45) is 0.450. The van der Waals surface area contributed by atoms with Crippen LogP contribution < -0.4 is 10.1 Å². The number of rotatable bonds is 4. The van der Waals surface area contributed by atoms with Crippen molar-refractivity contribution in [1.29, 1.82) is 5.26 Å². The molecule has 0 spiro atoms. The van der Waals surface area contributed by atoms with Crippen LogP contribution in [-0.2, 0) is 0 Å². The quantitative estimate of drug-likeness (QED) is 0.724. The monoisotopic (exact) mass is 192 g/mol. The van der Waals surface area contributed by atoms with Gasteiger partial charge in [0.25, 0.3) is 0 Å². The van der Waals surface area contributed by atoms with Crippen molar-refractivity contribution in [1.82, 2.24) is 9.97 Å². The smallest absolute Gasteiger partial charge is 0.318 e. The summed E-state index contributed by atoms with van der Waals surface area (Å²) in [5.41, 5.74) is 0.830. The van der Waals surface area contributed by atoms with E-state index in [9.17, 15) is 0 Å². The van der Waals surface area contributed by atoms with Crippen molar-refractivity contribution in [2.24, 2.45) is 0 Å². The minimum absolute atomic E-state index is 0.337. The van der Waals surface area contributed by atoms with Crippen molar-refractivity contribution in [3.63, 3.8) is 0 Å². The van der Waals surface area contributed by atoms with Crippen LogP contribution in [0.1, 0.15) is 12.1 Å². The second kappa shape index (κ2) is 5.02. The third-order valence-corrected chi connectivity index (χ3v) is 1.56. The lowest BCUT2D eigenvalue weighted by Gasteiger charge is -2.05. The van der Waals surface area contributed by atoms with Crippen molar-refractivity contribution in [2.75, 3.05) is 19.0 Å². The van der Waals surface area contributed by atoms with E-state index in [0.717, 1.165) is 5.69 Å². The van der Waals surface area contributed by atoms with Crippen LogP contribution in [0, 0.1) is 18.3 Å². The molecule has 0 amide bonds. The molecule has 5 heteroatoms. The number of aryl methyl sites for hydroxylation is 1. The minimum Gasteiger partial charge on any atom is -0.467 e. The Kier molecular flexibility index (Phi) is 3.68. The third kappa shape index (κ3) is 2.90. The first-order valence-electron chi connectivity index (χ1n) is 4.26. The van der Waals surface area contributed by atoms with E-state index in [1.54, 1.807) is 6.07 Å². The lowest BCUT2D eigenvalue weighted by molar-refractivity contribution is 0.379. The molecule has 0 atom stereocenters. The zero-order valence-corrected chi connectivity index (χ0v) is 8.24. The Morgan fingerprint density at radius 2 is 2.36 bits per heavy atom. The molecule has 5 nitrogen and oxygen atoms in total. The highest BCUT2D eigenvalue weighted by atomic mass is 16.5. The molecule has 1 heterocycles. The van der Waals surface area contributed by atoms with Crippen LogP contribution in [0.2, 0.25) is 0 Å². The summed E-state index contributed by atoms with van der Waals surface area (Å²) in [5.74, 6) is 0.685. The van der Waals surface area contributed by atoms with Crippen LogP contribution in [-0.4, -0.2) is 23.6 Å². The predicted molar refractivity (Wildman–Crippen MR) is 52.0 cm³/mol. The Morgan fingerprint density at radius 3 is 3.00 bits per heavy atom. The van der Waals surface area contributed by atoms with Crippen molar-refractivity contribution in [3.05, 3.63) is 11.8 Å². The van der Waals surface area contributed by atoms with E-state index in [4.69, 9.17) is 10.00 Å². The fourth-order valence-electron chi connectivity index (χ4n) is 0.970. The molecular weight excluding hydrogens is 180 g/mol. The highest BCUT2D eigenvalue weighted by Gasteiger charge is 2.00. The lowest BCUT2D eigenvalue weighted by Crippen LogP contribution is -2.04. The predicted octanol–water partition coefficient (Wildman–Crippen LogP) is 1.12. The molecule has 0 radical (unpaired) electrons. The molecule has 0 aromatic carbocycles. The van der Waals surface area contributed by atoms with Crippen molar-refractivity contribution in [3.8, 4) is 12.1 Å².